The fraction of sp³-hybridized carbons (Fsp3) is 0.571. The number of aliphatic carboxylic acids is 1. The van der Waals surface area contributed by atoms with E-state index in [9.17, 15) is 4.79 Å². The van der Waals surface area contributed by atoms with Gasteiger partial charge < -0.3 is 25.5 Å². The van der Waals surface area contributed by atoms with Gasteiger partial charge in [0.25, 0.3) is 0 Å². The summed E-state index contributed by atoms with van der Waals surface area (Å²) < 4.78 is 0. The molecular weight excluding hydrogens is 180 g/mol. The zero-order chi connectivity index (χ0) is 11.1. The lowest BCUT2D eigenvalue weighted by Gasteiger charge is -2.18. The summed E-state index contributed by atoms with van der Waals surface area (Å²) in [7, 11) is 0. The van der Waals surface area contributed by atoms with E-state index in [1.807, 2.05) is 0 Å². The lowest BCUT2D eigenvalue weighted by molar-refractivity contribution is -0.354. The van der Waals surface area contributed by atoms with Crippen molar-refractivity contribution in [3.8, 4) is 0 Å². The molecule has 78 valence electrons. The molecule has 0 bridgehead atoms. The summed E-state index contributed by atoms with van der Waals surface area (Å²) in [5, 5.41) is 40.5. The molecule has 0 fully saturated rings. The van der Waals surface area contributed by atoms with Crippen molar-refractivity contribution < 1.29 is 30.3 Å². The van der Waals surface area contributed by atoms with E-state index in [2.05, 4.69) is 6.58 Å². The van der Waals surface area contributed by atoms with Crippen molar-refractivity contribution in [1.82, 2.24) is 0 Å². The highest BCUT2D eigenvalue weighted by Crippen LogP contribution is 2.03. The van der Waals surface area contributed by atoms with E-state index < -0.39 is 18.0 Å². The largest absolute Gasteiger partial charge is 0.478 e. The third kappa shape index (κ3) is 11.0. The molecule has 0 aromatic rings. The van der Waals surface area contributed by atoms with Crippen molar-refractivity contribution in [2.75, 3.05) is 0 Å². The predicted octanol–water partition coefficient (Wildman–Crippen LogP) is -1.36. The summed E-state index contributed by atoms with van der Waals surface area (Å²) in [6, 6.07) is 0. The van der Waals surface area contributed by atoms with E-state index in [1.165, 1.54) is 6.92 Å². The third-order valence-corrected chi connectivity index (χ3v) is 1.01. The molecular formula is C7H14O6. The maximum absolute atomic E-state index is 9.25. The minimum Gasteiger partial charge on any atom is -0.478 e. The number of aliphatic hydroxyl groups is 4. The van der Waals surface area contributed by atoms with Crippen LogP contribution in [0.1, 0.15) is 13.3 Å². The second kappa shape index (κ2) is 6.55. The number of carboxylic acid groups (broad SMARTS) is 1. The number of carboxylic acids is 1. The Morgan fingerprint density at radius 2 is 1.85 bits per heavy atom. The molecule has 5 N–H and O–H groups in total. The van der Waals surface area contributed by atoms with Crippen LogP contribution in [0.3, 0.4) is 0 Å². The van der Waals surface area contributed by atoms with Crippen LogP contribution in [-0.2, 0) is 4.79 Å². The Balaban J connectivity index is 0. The normalized spacial score (nSPS) is 12.4. The van der Waals surface area contributed by atoms with E-state index in [-0.39, 0.29) is 6.42 Å². The Labute approximate surface area is 75.4 Å². The fourth-order valence-electron chi connectivity index (χ4n) is 0.274. The van der Waals surface area contributed by atoms with Crippen LogP contribution in [0.25, 0.3) is 0 Å². The quantitative estimate of drug-likeness (QED) is 0.280. The van der Waals surface area contributed by atoms with Crippen molar-refractivity contribution in [3.63, 3.8) is 0 Å². The van der Waals surface area contributed by atoms with Gasteiger partial charge in [-0.25, -0.2) is 4.79 Å². The molecule has 0 aliphatic rings. The molecule has 0 aromatic heterocycles. The first kappa shape index (κ1) is 14.6. The molecule has 0 spiro atoms. The highest BCUT2D eigenvalue weighted by atomic mass is 16.7. The molecule has 0 saturated heterocycles. The highest BCUT2D eigenvalue weighted by molar-refractivity contribution is 5.78. The third-order valence-electron chi connectivity index (χ3n) is 1.01. The summed E-state index contributed by atoms with van der Waals surface area (Å²) in [5.74, 6) is -3.92. The van der Waals surface area contributed by atoms with Crippen LogP contribution in [0, 0.1) is 0 Å². The first-order valence-corrected chi connectivity index (χ1v) is 3.46. The molecule has 0 rings (SSSR count). The maximum atomic E-state index is 9.25. The van der Waals surface area contributed by atoms with Gasteiger partial charge in [0.05, 0.1) is 0 Å². The minimum absolute atomic E-state index is 0.101. The van der Waals surface area contributed by atoms with E-state index in [0.29, 0.717) is 0 Å². The Hall–Kier alpha value is -0.950. The Morgan fingerprint density at radius 3 is 1.85 bits per heavy atom. The molecule has 6 nitrogen and oxygen atoms in total. The van der Waals surface area contributed by atoms with Crippen LogP contribution in [0.4, 0.5) is 0 Å². The van der Waals surface area contributed by atoms with E-state index in [0.717, 1.165) is 6.08 Å². The van der Waals surface area contributed by atoms with Crippen LogP contribution in [0.2, 0.25) is 0 Å². The summed E-state index contributed by atoms with van der Waals surface area (Å²) in [4.78, 5) is 9.25. The topological polar surface area (TPSA) is 118 Å². The zero-order valence-electron chi connectivity index (χ0n) is 7.21. The molecule has 0 heterocycles. The lowest BCUT2D eigenvalue weighted by atomic mass is 10.2. The molecule has 6 heteroatoms. The molecule has 0 amide bonds. The number of hydrogen-bond donors (Lipinski definition) is 5. The van der Waals surface area contributed by atoms with Crippen molar-refractivity contribution in [3.05, 3.63) is 12.7 Å². The van der Waals surface area contributed by atoms with Gasteiger partial charge in [0.2, 0.25) is 0 Å². The number of hydrogen-bond acceptors (Lipinski definition) is 5. The molecule has 0 radical (unpaired) electrons. The van der Waals surface area contributed by atoms with Crippen molar-refractivity contribution in [1.29, 1.82) is 0 Å². The van der Waals surface area contributed by atoms with E-state index in [1.54, 1.807) is 0 Å². The number of rotatable bonds is 3. The summed E-state index contributed by atoms with van der Waals surface area (Å²) in [5.41, 5.74) is 0. The Kier molecular flexibility index (Phi) is 7.34. The summed E-state index contributed by atoms with van der Waals surface area (Å²) in [6.07, 6.45) is -0.550. The summed E-state index contributed by atoms with van der Waals surface area (Å²) >= 11 is 0. The number of carbonyl (C=O) groups is 1. The predicted molar refractivity (Wildman–Crippen MR) is 43.5 cm³/mol. The lowest BCUT2D eigenvalue weighted by Crippen LogP contribution is -2.41. The highest BCUT2D eigenvalue weighted by Gasteiger charge is 2.27. The van der Waals surface area contributed by atoms with Crippen molar-refractivity contribution >= 4 is 5.97 Å². The molecule has 0 saturated carbocycles. The molecule has 13 heavy (non-hydrogen) atoms. The first-order chi connectivity index (χ1) is 5.75. The Bertz CT molecular complexity index is 159. The van der Waals surface area contributed by atoms with Gasteiger partial charge in [-0.2, -0.15) is 0 Å². The zero-order valence-corrected chi connectivity index (χ0v) is 7.21. The fourth-order valence-corrected chi connectivity index (χ4v) is 0.274. The monoisotopic (exact) mass is 194 g/mol. The van der Waals surface area contributed by atoms with Crippen LogP contribution >= 0.6 is 0 Å². The van der Waals surface area contributed by atoms with Crippen LogP contribution in [0.15, 0.2) is 12.7 Å². The van der Waals surface area contributed by atoms with Gasteiger partial charge >= 0.3 is 11.9 Å². The van der Waals surface area contributed by atoms with Crippen molar-refractivity contribution in [2.45, 2.75) is 25.4 Å². The Morgan fingerprint density at radius 1 is 1.54 bits per heavy atom. The van der Waals surface area contributed by atoms with E-state index >= 15 is 0 Å². The second-order valence-electron chi connectivity index (χ2n) is 2.15. The van der Waals surface area contributed by atoms with Crippen LogP contribution < -0.4 is 0 Å². The standard InChI is InChI=1S/C4H10O4.C3H4O2/c1-2-3(5)4(6,7)8;1-2-3(4)5/h3,5-8H,2H2,1H3;2H,1H2,(H,4,5). The van der Waals surface area contributed by atoms with E-state index in [4.69, 9.17) is 25.5 Å². The van der Waals surface area contributed by atoms with Crippen molar-refractivity contribution in [2.24, 2.45) is 0 Å². The first-order valence-electron chi connectivity index (χ1n) is 3.46. The molecule has 0 aromatic carbocycles. The van der Waals surface area contributed by atoms with Gasteiger partial charge in [0.1, 0.15) is 6.10 Å². The van der Waals surface area contributed by atoms with Gasteiger partial charge in [-0.05, 0) is 6.42 Å². The molecule has 0 aliphatic carbocycles. The smallest absolute Gasteiger partial charge is 0.327 e. The van der Waals surface area contributed by atoms with Crippen LogP contribution in [0.5, 0.6) is 0 Å². The second-order valence-corrected chi connectivity index (χ2v) is 2.15. The summed E-state index contributed by atoms with van der Waals surface area (Å²) in [6.45, 7) is 4.48. The average molecular weight is 194 g/mol. The average Bonchev–Trinajstić information content (AvgIpc) is 2.02. The van der Waals surface area contributed by atoms with Gasteiger partial charge in [-0.3, -0.25) is 0 Å². The van der Waals surface area contributed by atoms with Gasteiger partial charge in [-0.15, -0.1) is 0 Å². The minimum atomic E-state index is -2.94. The number of aliphatic hydroxyl groups excluding tert-OH is 1. The van der Waals surface area contributed by atoms with Gasteiger partial charge in [-0.1, -0.05) is 13.5 Å². The molecule has 0 aliphatic heterocycles. The van der Waals surface area contributed by atoms with Gasteiger partial charge in [0.15, 0.2) is 0 Å². The SMILES string of the molecule is C=CC(=O)O.CCC(O)C(O)(O)O. The molecule has 1 unspecified atom stereocenters. The molecule has 1 atom stereocenters. The van der Waals surface area contributed by atoms with Gasteiger partial charge in [0, 0.05) is 6.08 Å². The van der Waals surface area contributed by atoms with Crippen LogP contribution in [-0.4, -0.2) is 43.6 Å². The maximum Gasteiger partial charge on any atom is 0.327 e.